The predicted octanol–water partition coefficient (Wildman–Crippen LogP) is 4.56. The van der Waals surface area contributed by atoms with Crippen LogP contribution in [0.15, 0.2) is 34.1 Å². The Balaban J connectivity index is 2.15. The summed E-state index contributed by atoms with van der Waals surface area (Å²) in [5, 5.41) is 2.62. The Hall–Kier alpha value is -0.910. The van der Waals surface area contributed by atoms with Crippen LogP contribution in [0.4, 0.5) is 10.1 Å². The van der Waals surface area contributed by atoms with Crippen molar-refractivity contribution in [1.29, 1.82) is 0 Å². The standard InChI is InChI=1S/C11H6BrClFNOS/c12-10-4-3-9(17-10)11(16)15-6-1-2-8(14)7(13)5-6/h1-5H,(H,15,16). The third kappa shape index (κ3) is 3.06. The van der Waals surface area contributed by atoms with Gasteiger partial charge in [0.25, 0.3) is 5.91 Å². The molecule has 1 N–H and O–H groups in total. The summed E-state index contributed by atoms with van der Waals surface area (Å²) in [7, 11) is 0. The van der Waals surface area contributed by atoms with Crippen molar-refractivity contribution in [2.24, 2.45) is 0 Å². The van der Waals surface area contributed by atoms with Crippen LogP contribution in [-0.2, 0) is 0 Å². The van der Waals surface area contributed by atoms with Crippen LogP contribution in [0.1, 0.15) is 9.67 Å². The van der Waals surface area contributed by atoms with E-state index in [0.717, 1.165) is 3.79 Å². The number of hydrogen-bond acceptors (Lipinski definition) is 2. The van der Waals surface area contributed by atoms with Crippen LogP contribution < -0.4 is 5.32 Å². The molecule has 0 aliphatic heterocycles. The summed E-state index contributed by atoms with van der Waals surface area (Å²) in [5.41, 5.74) is 0.464. The Kier molecular flexibility index (Phi) is 3.81. The molecule has 0 unspecified atom stereocenters. The van der Waals surface area contributed by atoms with Crippen LogP contribution in [-0.4, -0.2) is 5.91 Å². The number of anilines is 1. The van der Waals surface area contributed by atoms with E-state index in [2.05, 4.69) is 21.2 Å². The van der Waals surface area contributed by atoms with Gasteiger partial charge >= 0.3 is 0 Å². The Morgan fingerprint density at radius 3 is 2.71 bits per heavy atom. The van der Waals surface area contributed by atoms with Crippen molar-refractivity contribution in [1.82, 2.24) is 0 Å². The summed E-state index contributed by atoms with van der Waals surface area (Å²) < 4.78 is 13.8. The molecule has 0 saturated carbocycles. The molecule has 2 aromatic rings. The highest BCUT2D eigenvalue weighted by atomic mass is 79.9. The van der Waals surface area contributed by atoms with Gasteiger partial charge in [0.2, 0.25) is 0 Å². The lowest BCUT2D eigenvalue weighted by atomic mass is 10.3. The molecular formula is C11H6BrClFNOS. The van der Waals surface area contributed by atoms with E-state index in [9.17, 15) is 9.18 Å². The molecule has 0 saturated heterocycles. The summed E-state index contributed by atoms with van der Waals surface area (Å²) in [6.45, 7) is 0. The third-order valence-corrected chi connectivity index (χ3v) is 3.89. The molecule has 6 heteroatoms. The predicted molar refractivity (Wildman–Crippen MR) is 71.4 cm³/mol. The second-order valence-electron chi connectivity index (χ2n) is 3.19. The lowest BCUT2D eigenvalue weighted by Gasteiger charge is -2.04. The molecule has 0 atom stereocenters. The topological polar surface area (TPSA) is 29.1 Å². The van der Waals surface area contributed by atoms with Crippen LogP contribution in [0.3, 0.4) is 0 Å². The molecule has 0 fully saturated rings. The molecule has 1 amide bonds. The Labute approximate surface area is 115 Å². The first-order valence-electron chi connectivity index (χ1n) is 4.58. The zero-order chi connectivity index (χ0) is 12.4. The molecule has 88 valence electrons. The number of benzene rings is 1. The number of carbonyl (C=O) groups excluding carboxylic acids is 1. The second-order valence-corrected chi connectivity index (χ2v) is 6.06. The second kappa shape index (κ2) is 5.16. The summed E-state index contributed by atoms with van der Waals surface area (Å²) in [5.74, 6) is -0.757. The van der Waals surface area contributed by atoms with Crippen LogP contribution in [0.5, 0.6) is 0 Å². The lowest BCUT2D eigenvalue weighted by molar-refractivity contribution is 0.103. The molecule has 0 bridgehead atoms. The number of rotatable bonds is 2. The number of thiophene rings is 1. The maximum Gasteiger partial charge on any atom is 0.265 e. The van der Waals surface area contributed by atoms with Gasteiger partial charge in [-0.25, -0.2) is 4.39 Å². The fraction of sp³-hybridized carbons (Fsp3) is 0. The largest absolute Gasteiger partial charge is 0.321 e. The fourth-order valence-electron chi connectivity index (χ4n) is 1.20. The SMILES string of the molecule is O=C(Nc1ccc(F)c(Cl)c1)c1ccc(Br)s1. The molecule has 17 heavy (non-hydrogen) atoms. The summed E-state index contributed by atoms with van der Waals surface area (Å²) in [6.07, 6.45) is 0. The van der Waals surface area contributed by atoms with E-state index in [-0.39, 0.29) is 10.9 Å². The van der Waals surface area contributed by atoms with Gasteiger partial charge in [0.1, 0.15) is 5.82 Å². The van der Waals surface area contributed by atoms with E-state index >= 15 is 0 Å². The van der Waals surface area contributed by atoms with Crippen molar-refractivity contribution in [3.8, 4) is 0 Å². The third-order valence-electron chi connectivity index (χ3n) is 1.97. The number of nitrogens with one attached hydrogen (secondary N) is 1. The maximum atomic E-state index is 12.9. The van der Waals surface area contributed by atoms with E-state index < -0.39 is 5.82 Å². The summed E-state index contributed by atoms with van der Waals surface area (Å²) in [6, 6.07) is 7.54. The van der Waals surface area contributed by atoms with Gasteiger partial charge in [0, 0.05) is 5.69 Å². The van der Waals surface area contributed by atoms with Gasteiger partial charge in [0.15, 0.2) is 0 Å². The lowest BCUT2D eigenvalue weighted by Crippen LogP contribution is -2.09. The van der Waals surface area contributed by atoms with E-state index in [1.165, 1.54) is 29.5 Å². The number of halogens is 3. The molecule has 2 rings (SSSR count). The minimum atomic E-state index is -0.511. The molecule has 1 aromatic carbocycles. The van der Waals surface area contributed by atoms with Gasteiger partial charge in [-0.1, -0.05) is 11.6 Å². The first-order chi connectivity index (χ1) is 8.06. The first kappa shape index (κ1) is 12.5. The quantitative estimate of drug-likeness (QED) is 0.857. The average molecular weight is 335 g/mol. The minimum Gasteiger partial charge on any atom is -0.321 e. The average Bonchev–Trinajstić information content (AvgIpc) is 2.70. The summed E-state index contributed by atoms with van der Waals surface area (Å²) in [4.78, 5) is 12.3. The molecule has 0 aliphatic rings. The van der Waals surface area contributed by atoms with Crippen molar-refractivity contribution in [2.45, 2.75) is 0 Å². The van der Waals surface area contributed by atoms with Crippen molar-refractivity contribution in [3.05, 3.63) is 49.8 Å². The molecule has 1 aromatic heterocycles. The van der Waals surface area contributed by atoms with E-state index in [1.54, 1.807) is 12.1 Å². The van der Waals surface area contributed by atoms with Crippen molar-refractivity contribution in [2.75, 3.05) is 5.32 Å². The van der Waals surface area contributed by atoms with Crippen LogP contribution in [0.25, 0.3) is 0 Å². The Bertz CT molecular complexity index is 572. The van der Waals surface area contributed by atoms with Crippen LogP contribution >= 0.6 is 38.9 Å². The van der Waals surface area contributed by atoms with Gasteiger partial charge in [-0.05, 0) is 46.3 Å². The molecular weight excluding hydrogens is 329 g/mol. The van der Waals surface area contributed by atoms with Crippen LogP contribution in [0.2, 0.25) is 5.02 Å². The van der Waals surface area contributed by atoms with Gasteiger partial charge in [-0.2, -0.15) is 0 Å². The molecule has 1 heterocycles. The molecule has 2 nitrogen and oxygen atoms in total. The van der Waals surface area contributed by atoms with Gasteiger partial charge in [0.05, 0.1) is 13.7 Å². The van der Waals surface area contributed by atoms with Crippen molar-refractivity contribution < 1.29 is 9.18 Å². The normalized spacial score (nSPS) is 10.3. The fourth-order valence-corrected chi connectivity index (χ4v) is 2.66. The molecule has 0 aliphatic carbocycles. The zero-order valence-electron chi connectivity index (χ0n) is 8.34. The van der Waals surface area contributed by atoms with Crippen molar-refractivity contribution >= 4 is 50.5 Å². The first-order valence-corrected chi connectivity index (χ1v) is 6.57. The van der Waals surface area contributed by atoms with Gasteiger partial charge in [-0.15, -0.1) is 11.3 Å². The van der Waals surface area contributed by atoms with E-state index in [0.29, 0.717) is 10.6 Å². The molecule has 0 spiro atoms. The van der Waals surface area contributed by atoms with E-state index in [4.69, 9.17) is 11.6 Å². The maximum absolute atomic E-state index is 12.9. The van der Waals surface area contributed by atoms with Gasteiger partial charge in [-0.3, -0.25) is 4.79 Å². The highest BCUT2D eigenvalue weighted by Crippen LogP contribution is 2.24. The molecule has 0 radical (unpaired) electrons. The van der Waals surface area contributed by atoms with Crippen molar-refractivity contribution in [3.63, 3.8) is 0 Å². The summed E-state index contributed by atoms with van der Waals surface area (Å²) >= 11 is 10.2. The number of amides is 1. The Morgan fingerprint density at radius 2 is 2.12 bits per heavy atom. The van der Waals surface area contributed by atoms with Gasteiger partial charge < -0.3 is 5.32 Å². The number of carbonyl (C=O) groups is 1. The number of hydrogen-bond donors (Lipinski definition) is 1. The minimum absolute atomic E-state index is 0.0184. The van der Waals surface area contributed by atoms with Crippen LogP contribution in [0, 0.1) is 5.82 Å². The highest BCUT2D eigenvalue weighted by Gasteiger charge is 2.09. The Morgan fingerprint density at radius 1 is 1.35 bits per heavy atom. The highest BCUT2D eigenvalue weighted by molar-refractivity contribution is 9.11. The smallest absolute Gasteiger partial charge is 0.265 e. The monoisotopic (exact) mass is 333 g/mol. The van der Waals surface area contributed by atoms with E-state index in [1.807, 2.05) is 0 Å². The zero-order valence-corrected chi connectivity index (χ0v) is 11.5.